The number of anilines is 2. The first-order chi connectivity index (χ1) is 15.5. The fourth-order valence-electron chi connectivity index (χ4n) is 3.38. The van der Waals surface area contributed by atoms with E-state index in [2.05, 4.69) is 26.7 Å². The van der Waals surface area contributed by atoms with E-state index in [4.69, 9.17) is 11.6 Å². The number of benzene rings is 3. The van der Waals surface area contributed by atoms with Gasteiger partial charge in [0.1, 0.15) is 0 Å². The first-order valence-corrected chi connectivity index (χ1v) is 10.7. The maximum atomic E-state index is 12.6. The number of nitrogens with one attached hydrogen (secondary N) is 2. The zero-order valence-electron chi connectivity index (χ0n) is 17.9. The Hall–Kier alpha value is -3.70. The van der Waals surface area contributed by atoms with Crippen LogP contribution in [0.15, 0.2) is 78.9 Å². The molecule has 0 bridgehead atoms. The molecule has 32 heavy (non-hydrogen) atoms. The minimum absolute atomic E-state index is 0.110. The molecule has 0 fully saturated rings. The number of carbonyl (C=O) groups excluding carboxylic acids is 1. The topological polar surface area (TPSA) is 66.9 Å². The van der Waals surface area contributed by atoms with Crippen LogP contribution in [0, 0.1) is 13.8 Å². The van der Waals surface area contributed by atoms with Gasteiger partial charge >= 0.3 is 0 Å². The van der Waals surface area contributed by atoms with E-state index >= 15 is 0 Å². The van der Waals surface area contributed by atoms with E-state index in [9.17, 15) is 4.79 Å². The molecule has 4 aromatic rings. The van der Waals surface area contributed by atoms with Crippen molar-refractivity contribution in [2.45, 2.75) is 13.8 Å². The van der Waals surface area contributed by atoms with Crippen molar-refractivity contribution in [3.63, 3.8) is 0 Å². The Kier molecular flexibility index (Phi) is 6.47. The molecule has 0 unspecified atom stereocenters. The molecule has 160 valence electrons. The van der Waals surface area contributed by atoms with Crippen LogP contribution < -0.4 is 10.6 Å². The van der Waals surface area contributed by atoms with Crippen LogP contribution in [0.4, 0.5) is 11.6 Å². The maximum absolute atomic E-state index is 12.6. The van der Waals surface area contributed by atoms with E-state index in [0.29, 0.717) is 10.7 Å². The van der Waals surface area contributed by atoms with Crippen LogP contribution in [0.25, 0.3) is 22.5 Å². The molecule has 6 heteroatoms. The van der Waals surface area contributed by atoms with Crippen molar-refractivity contribution in [3.8, 4) is 22.5 Å². The summed E-state index contributed by atoms with van der Waals surface area (Å²) in [6.07, 6.45) is 0. The van der Waals surface area contributed by atoms with Crippen molar-refractivity contribution >= 4 is 29.1 Å². The molecule has 1 aromatic heterocycles. The number of rotatable bonds is 6. The summed E-state index contributed by atoms with van der Waals surface area (Å²) >= 11 is 6.03. The van der Waals surface area contributed by atoms with Crippen LogP contribution in [0.1, 0.15) is 11.1 Å². The van der Waals surface area contributed by atoms with Gasteiger partial charge in [0.25, 0.3) is 0 Å². The van der Waals surface area contributed by atoms with Crippen molar-refractivity contribution < 1.29 is 4.79 Å². The number of aromatic nitrogens is 2. The van der Waals surface area contributed by atoms with Crippen molar-refractivity contribution in [3.05, 3.63) is 95.0 Å². The third kappa shape index (κ3) is 5.31. The molecule has 0 spiro atoms. The maximum Gasteiger partial charge on any atom is 0.246 e. The number of halogens is 1. The number of hydrogen-bond acceptors (Lipinski definition) is 4. The van der Waals surface area contributed by atoms with Gasteiger partial charge in [-0.1, -0.05) is 71.8 Å². The summed E-state index contributed by atoms with van der Waals surface area (Å²) < 4.78 is 0. The largest absolute Gasteiger partial charge is 0.376 e. The zero-order valence-corrected chi connectivity index (χ0v) is 18.6. The fourth-order valence-corrected chi connectivity index (χ4v) is 3.51. The summed E-state index contributed by atoms with van der Waals surface area (Å²) in [5.74, 6) is 0.0287. The van der Waals surface area contributed by atoms with Crippen LogP contribution >= 0.6 is 11.6 Å². The highest BCUT2D eigenvalue weighted by atomic mass is 35.5. The van der Waals surface area contributed by atoms with Crippen LogP contribution in [0.3, 0.4) is 0 Å². The molecule has 0 atom stereocenters. The van der Waals surface area contributed by atoms with Gasteiger partial charge in [-0.15, -0.1) is 0 Å². The van der Waals surface area contributed by atoms with Gasteiger partial charge in [0, 0.05) is 21.8 Å². The van der Waals surface area contributed by atoms with Crippen molar-refractivity contribution in [2.75, 3.05) is 17.2 Å². The smallest absolute Gasteiger partial charge is 0.246 e. The van der Waals surface area contributed by atoms with Crippen LogP contribution in [-0.2, 0) is 4.79 Å². The first kappa shape index (κ1) is 21.5. The lowest BCUT2D eigenvalue weighted by atomic mass is 10.1. The molecule has 2 N–H and O–H groups in total. The van der Waals surface area contributed by atoms with Crippen molar-refractivity contribution in [1.29, 1.82) is 0 Å². The van der Waals surface area contributed by atoms with Gasteiger partial charge in [-0.2, -0.15) is 0 Å². The number of amides is 1. The lowest BCUT2D eigenvalue weighted by Crippen LogP contribution is -2.23. The van der Waals surface area contributed by atoms with E-state index in [-0.39, 0.29) is 18.4 Å². The molecule has 3 aromatic carbocycles. The van der Waals surface area contributed by atoms with Crippen LogP contribution in [0.2, 0.25) is 5.02 Å². The lowest BCUT2D eigenvalue weighted by Gasteiger charge is -2.12. The highest BCUT2D eigenvalue weighted by Gasteiger charge is 2.12. The van der Waals surface area contributed by atoms with Crippen LogP contribution in [-0.4, -0.2) is 22.4 Å². The summed E-state index contributed by atoms with van der Waals surface area (Å²) in [6.45, 7) is 4.16. The molecule has 1 heterocycles. The van der Waals surface area contributed by atoms with E-state index in [1.165, 1.54) is 5.56 Å². The lowest BCUT2D eigenvalue weighted by molar-refractivity contribution is -0.114. The van der Waals surface area contributed by atoms with Gasteiger partial charge in [0.2, 0.25) is 11.9 Å². The minimum atomic E-state index is -0.225. The molecule has 1 amide bonds. The molecule has 0 saturated heterocycles. The number of hydrogen-bond donors (Lipinski definition) is 2. The summed E-state index contributed by atoms with van der Waals surface area (Å²) in [7, 11) is 0. The van der Waals surface area contributed by atoms with Crippen LogP contribution in [0.5, 0.6) is 0 Å². The summed E-state index contributed by atoms with van der Waals surface area (Å²) in [5, 5.41) is 6.65. The third-order valence-electron chi connectivity index (χ3n) is 5.01. The standard InChI is InChI=1S/C26H23ClN4O/c1-17-8-13-22(18(2)14-17)28-16-25(32)31-26-29-23(19-6-4-3-5-7-19)15-24(30-26)20-9-11-21(27)12-10-20/h3-15,28H,16H2,1-2H3,(H,29,30,31,32). The Morgan fingerprint density at radius 1 is 0.844 bits per heavy atom. The van der Waals surface area contributed by atoms with Crippen molar-refractivity contribution in [2.24, 2.45) is 0 Å². The Labute approximate surface area is 192 Å². The Bertz CT molecular complexity index is 1240. The first-order valence-electron chi connectivity index (χ1n) is 10.3. The van der Waals surface area contributed by atoms with Gasteiger partial charge < -0.3 is 5.32 Å². The third-order valence-corrected chi connectivity index (χ3v) is 5.26. The average Bonchev–Trinajstić information content (AvgIpc) is 2.79. The number of carbonyl (C=O) groups is 1. The summed E-state index contributed by atoms with van der Waals surface area (Å²) in [4.78, 5) is 21.8. The predicted octanol–water partition coefficient (Wildman–Crippen LogP) is 6.13. The van der Waals surface area contributed by atoms with Gasteiger partial charge in [-0.25, -0.2) is 9.97 Å². The van der Waals surface area contributed by atoms with E-state index in [1.807, 2.05) is 86.6 Å². The molecule has 0 aliphatic heterocycles. The normalized spacial score (nSPS) is 10.6. The molecule has 5 nitrogen and oxygen atoms in total. The second kappa shape index (κ2) is 9.62. The quantitative estimate of drug-likeness (QED) is 0.377. The van der Waals surface area contributed by atoms with Gasteiger partial charge in [-0.3, -0.25) is 10.1 Å². The zero-order chi connectivity index (χ0) is 22.5. The molecular weight excluding hydrogens is 420 g/mol. The van der Waals surface area contributed by atoms with Gasteiger partial charge in [0.05, 0.1) is 17.9 Å². The molecule has 0 aliphatic rings. The molecule has 0 aliphatic carbocycles. The average molecular weight is 443 g/mol. The van der Waals surface area contributed by atoms with E-state index in [0.717, 1.165) is 28.1 Å². The van der Waals surface area contributed by atoms with E-state index < -0.39 is 0 Å². The second-order valence-electron chi connectivity index (χ2n) is 7.56. The number of aryl methyl sites for hydroxylation is 2. The Balaban J connectivity index is 1.58. The number of nitrogens with zero attached hydrogens (tertiary/aromatic N) is 2. The highest BCUT2D eigenvalue weighted by Crippen LogP contribution is 2.26. The molecule has 4 rings (SSSR count). The van der Waals surface area contributed by atoms with Gasteiger partial charge in [-0.05, 0) is 43.7 Å². The minimum Gasteiger partial charge on any atom is -0.376 e. The second-order valence-corrected chi connectivity index (χ2v) is 7.99. The highest BCUT2D eigenvalue weighted by molar-refractivity contribution is 6.30. The van der Waals surface area contributed by atoms with E-state index in [1.54, 1.807) is 0 Å². The summed E-state index contributed by atoms with van der Waals surface area (Å²) in [6, 6.07) is 25.2. The Morgan fingerprint density at radius 3 is 2.16 bits per heavy atom. The SMILES string of the molecule is Cc1ccc(NCC(=O)Nc2nc(-c3ccccc3)cc(-c3ccc(Cl)cc3)n2)c(C)c1. The fraction of sp³-hybridized carbons (Fsp3) is 0.115. The Morgan fingerprint density at radius 2 is 1.50 bits per heavy atom. The summed E-state index contributed by atoms with van der Waals surface area (Å²) in [5.41, 5.74) is 6.44. The predicted molar refractivity (Wildman–Crippen MR) is 131 cm³/mol. The molecule has 0 radical (unpaired) electrons. The monoisotopic (exact) mass is 442 g/mol. The molecule has 0 saturated carbocycles. The van der Waals surface area contributed by atoms with Crippen molar-refractivity contribution in [1.82, 2.24) is 9.97 Å². The van der Waals surface area contributed by atoms with Gasteiger partial charge in [0.15, 0.2) is 0 Å². The molecular formula is C26H23ClN4O.